The third-order valence-electron chi connectivity index (χ3n) is 4.26. The van der Waals surface area contributed by atoms with Crippen molar-refractivity contribution in [3.63, 3.8) is 0 Å². The normalized spacial score (nSPS) is 17.0. The molecule has 6 nitrogen and oxygen atoms in total. The molecule has 2 aromatic rings. The maximum atomic E-state index is 12.7. The Labute approximate surface area is 151 Å². The van der Waals surface area contributed by atoms with Crippen LogP contribution in [0.3, 0.4) is 0 Å². The fraction of sp³-hybridized carbons (Fsp3) is 0.333. The number of pyridine rings is 2. The predicted octanol–water partition coefficient (Wildman–Crippen LogP) is 2.14. The van der Waals surface area contributed by atoms with Gasteiger partial charge >= 0.3 is 0 Å². The molecule has 0 aromatic carbocycles. The van der Waals surface area contributed by atoms with Crippen molar-refractivity contribution in [2.45, 2.75) is 19.5 Å². The molecule has 1 aliphatic rings. The fourth-order valence-electron chi connectivity index (χ4n) is 2.96. The maximum absolute atomic E-state index is 12.7. The van der Waals surface area contributed by atoms with Crippen LogP contribution in [0.15, 0.2) is 42.7 Å². The number of rotatable bonds is 5. The average molecular weight is 359 g/mol. The highest BCUT2D eigenvalue weighted by molar-refractivity contribution is 6.30. The van der Waals surface area contributed by atoms with Crippen molar-refractivity contribution >= 4 is 23.4 Å². The molecule has 1 aliphatic heterocycles. The van der Waals surface area contributed by atoms with Crippen molar-refractivity contribution in [3.8, 4) is 0 Å². The Morgan fingerprint density at radius 3 is 2.80 bits per heavy atom. The van der Waals surface area contributed by atoms with E-state index in [2.05, 4.69) is 9.97 Å². The zero-order chi connectivity index (χ0) is 17.8. The van der Waals surface area contributed by atoms with E-state index in [1.165, 1.54) is 0 Å². The van der Waals surface area contributed by atoms with Crippen LogP contribution < -0.4 is 0 Å². The fourth-order valence-corrected chi connectivity index (χ4v) is 3.14. The molecule has 0 unspecified atom stereocenters. The van der Waals surface area contributed by atoms with Gasteiger partial charge in [-0.3, -0.25) is 14.6 Å². The van der Waals surface area contributed by atoms with Gasteiger partial charge in [0.05, 0.1) is 18.2 Å². The van der Waals surface area contributed by atoms with Gasteiger partial charge in [0.1, 0.15) is 5.15 Å². The van der Waals surface area contributed by atoms with Crippen LogP contribution in [0.4, 0.5) is 0 Å². The number of likely N-dealkylation sites (tertiary alicyclic amines) is 1. The Hall–Kier alpha value is -2.47. The highest BCUT2D eigenvalue weighted by Gasteiger charge is 2.35. The molecule has 7 heteroatoms. The zero-order valence-electron chi connectivity index (χ0n) is 13.9. The maximum Gasteiger partial charge on any atom is 0.228 e. The van der Waals surface area contributed by atoms with E-state index in [1.54, 1.807) is 35.3 Å². The molecule has 0 N–H and O–H groups in total. The Kier molecular flexibility index (Phi) is 5.28. The molecular formula is C18H19ClN4O2. The summed E-state index contributed by atoms with van der Waals surface area (Å²) >= 11 is 6.05. The third-order valence-corrected chi connectivity index (χ3v) is 4.60. The summed E-state index contributed by atoms with van der Waals surface area (Å²) in [7, 11) is 1.72. The van der Waals surface area contributed by atoms with Crippen LogP contribution in [0.5, 0.6) is 0 Å². The summed E-state index contributed by atoms with van der Waals surface area (Å²) in [6, 6.07) is 9.22. The van der Waals surface area contributed by atoms with E-state index >= 15 is 0 Å². The number of hydrogen-bond acceptors (Lipinski definition) is 4. The summed E-state index contributed by atoms with van der Waals surface area (Å²) in [6.45, 7) is 1.22. The molecule has 3 rings (SSSR count). The van der Waals surface area contributed by atoms with E-state index in [1.807, 2.05) is 24.3 Å². The standard InChI is InChI=1S/C18H19ClN4O2/c1-22(10-13-5-4-8-21-17(13)19)18(25)14-9-16(24)23(11-14)12-15-6-2-3-7-20-15/h2-8,14H,9-12H2,1H3/t14-/m0/s1. The van der Waals surface area contributed by atoms with Gasteiger partial charge in [0.15, 0.2) is 0 Å². The Balaban J connectivity index is 1.61. The number of nitrogens with zero attached hydrogens (tertiary/aromatic N) is 4. The number of hydrogen-bond donors (Lipinski definition) is 0. The van der Waals surface area contributed by atoms with E-state index in [-0.39, 0.29) is 24.2 Å². The highest BCUT2D eigenvalue weighted by atomic mass is 35.5. The Morgan fingerprint density at radius 1 is 1.28 bits per heavy atom. The second kappa shape index (κ2) is 7.61. The first-order chi connectivity index (χ1) is 12.0. The minimum atomic E-state index is -0.336. The van der Waals surface area contributed by atoms with E-state index in [0.29, 0.717) is 24.8 Å². The summed E-state index contributed by atoms with van der Waals surface area (Å²) in [6.07, 6.45) is 3.54. The lowest BCUT2D eigenvalue weighted by molar-refractivity contribution is -0.135. The van der Waals surface area contributed by atoms with E-state index < -0.39 is 0 Å². The van der Waals surface area contributed by atoms with Crippen LogP contribution in [0.2, 0.25) is 5.15 Å². The number of carbonyl (C=O) groups is 2. The summed E-state index contributed by atoms with van der Waals surface area (Å²) in [4.78, 5) is 36.4. The molecule has 3 heterocycles. The lowest BCUT2D eigenvalue weighted by Gasteiger charge is -2.21. The number of carbonyl (C=O) groups excluding carboxylic acids is 2. The summed E-state index contributed by atoms with van der Waals surface area (Å²) < 4.78 is 0. The Morgan fingerprint density at radius 2 is 2.08 bits per heavy atom. The first kappa shape index (κ1) is 17.4. The molecule has 25 heavy (non-hydrogen) atoms. The van der Waals surface area contributed by atoms with E-state index in [9.17, 15) is 9.59 Å². The molecule has 0 radical (unpaired) electrons. The minimum absolute atomic E-state index is 0.0168. The van der Waals surface area contributed by atoms with Gasteiger partial charge < -0.3 is 9.80 Å². The van der Waals surface area contributed by atoms with Crippen molar-refractivity contribution in [1.29, 1.82) is 0 Å². The van der Waals surface area contributed by atoms with Gasteiger partial charge in [0.25, 0.3) is 0 Å². The lowest BCUT2D eigenvalue weighted by atomic mass is 10.1. The molecule has 0 bridgehead atoms. The summed E-state index contributed by atoms with van der Waals surface area (Å²) in [5.41, 5.74) is 1.61. The molecule has 2 amide bonds. The van der Waals surface area contributed by atoms with Crippen LogP contribution in [0.1, 0.15) is 17.7 Å². The van der Waals surface area contributed by atoms with Crippen LogP contribution in [0.25, 0.3) is 0 Å². The second-order valence-electron chi connectivity index (χ2n) is 6.14. The van der Waals surface area contributed by atoms with E-state index in [4.69, 9.17) is 11.6 Å². The molecule has 1 atom stereocenters. The quantitative estimate of drug-likeness (QED) is 0.768. The van der Waals surface area contributed by atoms with Crippen LogP contribution in [-0.2, 0) is 22.7 Å². The van der Waals surface area contributed by atoms with Crippen molar-refractivity contribution in [2.75, 3.05) is 13.6 Å². The van der Waals surface area contributed by atoms with Crippen molar-refractivity contribution < 1.29 is 9.59 Å². The SMILES string of the molecule is CN(Cc1cccnc1Cl)C(=O)[C@H]1CC(=O)N(Cc2ccccn2)C1. The number of halogens is 1. The number of amides is 2. The topological polar surface area (TPSA) is 66.4 Å². The summed E-state index contributed by atoms with van der Waals surface area (Å²) in [5.74, 6) is -0.412. The second-order valence-corrected chi connectivity index (χ2v) is 6.50. The molecule has 0 saturated carbocycles. The van der Waals surface area contributed by atoms with Crippen molar-refractivity contribution in [2.24, 2.45) is 5.92 Å². The van der Waals surface area contributed by atoms with Gasteiger partial charge in [-0.25, -0.2) is 4.98 Å². The summed E-state index contributed by atoms with van der Waals surface area (Å²) in [5, 5.41) is 0.390. The highest BCUT2D eigenvalue weighted by Crippen LogP contribution is 2.23. The van der Waals surface area contributed by atoms with Gasteiger partial charge in [-0.15, -0.1) is 0 Å². The first-order valence-corrected chi connectivity index (χ1v) is 8.44. The van der Waals surface area contributed by atoms with Gasteiger partial charge in [-0.1, -0.05) is 23.7 Å². The van der Waals surface area contributed by atoms with E-state index in [0.717, 1.165) is 11.3 Å². The molecule has 0 aliphatic carbocycles. The molecular weight excluding hydrogens is 340 g/mol. The van der Waals surface area contributed by atoms with Crippen LogP contribution >= 0.6 is 11.6 Å². The smallest absolute Gasteiger partial charge is 0.228 e. The van der Waals surface area contributed by atoms with Gasteiger partial charge in [0, 0.05) is 44.5 Å². The van der Waals surface area contributed by atoms with Gasteiger partial charge in [0.2, 0.25) is 11.8 Å². The average Bonchev–Trinajstić information content (AvgIpc) is 2.98. The predicted molar refractivity (Wildman–Crippen MR) is 93.5 cm³/mol. The molecule has 1 fully saturated rings. The van der Waals surface area contributed by atoms with Crippen LogP contribution in [0, 0.1) is 5.92 Å². The van der Waals surface area contributed by atoms with Gasteiger partial charge in [-0.05, 0) is 18.2 Å². The monoisotopic (exact) mass is 358 g/mol. The van der Waals surface area contributed by atoms with Crippen molar-refractivity contribution in [3.05, 3.63) is 59.1 Å². The first-order valence-electron chi connectivity index (χ1n) is 8.06. The van der Waals surface area contributed by atoms with Gasteiger partial charge in [-0.2, -0.15) is 0 Å². The molecule has 130 valence electrons. The molecule has 0 spiro atoms. The molecule has 1 saturated heterocycles. The van der Waals surface area contributed by atoms with Crippen molar-refractivity contribution in [1.82, 2.24) is 19.8 Å². The Bertz CT molecular complexity index is 769. The number of aromatic nitrogens is 2. The largest absolute Gasteiger partial charge is 0.341 e. The molecule has 2 aromatic heterocycles. The zero-order valence-corrected chi connectivity index (χ0v) is 14.7. The third kappa shape index (κ3) is 4.14. The minimum Gasteiger partial charge on any atom is -0.341 e. The lowest BCUT2D eigenvalue weighted by Crippen LogP contribution is -2.34. The van der Waals surface area contributed by atoms with Crippen LogP contribution in [-0.4, -0.2) is 45.2 Å².